The molecule has 0 spiro atoms. The molecule has 4 saturated carbocycles. The number of hydrogen-bond donors (Lipinski definition) is 1. The number of nitrogens with zero attached hydrogens (tertiary/aromatic N) is 1. The van der Waals surface area contributed by atoms with E-state index in [0.717, 1.165) is 25.2 Å². The second-order valence-corrected chi connectivity index (χ2v) is 10.3. The van der Waals surface area contributed by atoms with Crippen LogP contribution >= 0.6 is 0 Å². The minimum Gasteiger partial charge on any atom is -0.388 e. The van der Waals surface area contributed by atoms with E-state index in [2.05, 4.69) is 26.0 Å². The van der Waals surface area contributed by atoms with Crippen LogP contribution in [0.3, 0.4) is 0 Å². The fourth-order valence-corrected chi connectivity index (χ4v) is 7.32. The Kier molecular flexibility index (Phi) is 3.58. The van der Waals surface area contributed by atoms with Crippen LogP contribution in [0.4, 0.5) is 0 Å². The average molecular weight is 356 g/mol. The highest BCUT2D eigenvalue weighted by Crippen LogP contribution is 2.65. The maximum absolute atomic E-state index is 12.2. The Labute approximate surface area is 157 Å². The molecular formula is C23H33NO2. The van der Waals surface area contributed by atoms with Gasteiger partial charge in [-0.15, -0.1) is 0 Å². The fraction of sp³-hybridized carbons (Fsp3) is 0.783. The van der Waals surface area contributed by atoms with E-state index in [4.69, 9.17) is 0 Å². The molecule has 4 aliphatic carbocycles. The number of carbonyl (C=O) groups is 1. The van der Waals surface area contributed by atoms with Crippen molar-refractivity contribution < 1.29 is 9.90 Å². The van der Waals surface area contributed by atoms with Gasteiger partial charge in [0.1, 0.15) is 0 Å². The molecule has 0 aromatic heterocycles. The molecule has 0 bridgehead atoms. The van der Waals surface area contributed by atoms with Gasteiger partial charge in [0.15, 0.2) is 0 Å². The van der Waals surface area contributed by atoms with Crippen molar-refractivity contribution in [3.8, 4) is 0 Å². The Balaban J connectivity index is 1.48. The van der Waals surface area contributed by atoms with Crippen LogP contribution < -0.4 is 0 Å². The predicted molar refractivity (Wildman–Crippen MR) is 102 cm³/mol. The van der Waals surface area contributed by atoms with Crippen LogP contribution in [0, 0.1) is 34.5 Å². The molecule has 0 radical (unpaired) electrons. The fourth-order valence-electron chi connectivity index (χ4n) is 7.32. The van der Waals surface area contributed by atoms with Crippen LogP contribution in [0.1, 0.15) is 58.8 Å². The molecule has 5 aliphatic rings. The Morgan fingerprint density at radius 2 is 1.92 bits per heavy atom. The Hall–Kier alpha value is -1.09. The summed E-state index contributed by atoms with van der Waals surface area (Å²) in [6, 6.07) is 0.346. The van der Waals surface area contributed by atoms with Gasteiger partial charge >= 0.3 is 0 Å². The first-order valence-corrected chi connectivity index (χ1v) is 10.7. The maximum atomic E-state index is 12.2. The summed E-state index contributed by atoms with van der Waals surface area (Å²) < 4.78 is 0. The van der Waals surface area contributed by atoms with Gasteiger partial charge in [-0.05, 0) is 80.3 Å². The van der Waals surface area contributed by atoms with Gasteiger partial charge in [0, 0.05) is 23.9 Å². The van der Waals surface area contributed by atoms with Gasteiger partial charge in [-0.3, -0.25) is 4.79 Å². The molecule has 0 aromatic rings. The van der Waals surface area contributed by atoms with Gasteiger partial charge in [0.2, 0.25) is 5.91 Å². The number of likely N-dealkylation sites (N-methyl/N-ethyl adjacent to an activating group) is 1. The monoisotopic (exact) mass is 355 g/mol. The standard InChI is InChI=1S/C23H33NO2/c1-22-11-9-20(25)24(3)19(22)7-6-16-17(22)8-10-23(2)18(16)13-15(21(23)26)12-14-4-5-14/h9,11-12,14,16-19,21,26H,4-8,10,13H2,1-3H3/t16-,17-,18+,19?,21?,22-,23+/m1/s1. The number of hydrogen-bond acceptors (Lipinski definition) is 2. The van der Waals surface area contributed by atoms with Gasteiger partial charge in [-0.2, -0.15) is 0 Å². The van der Waals surface area contributed by atoms with E-state index in [1.54, 1.807) is 0 Å². The molecule has 1 aliphatic heterocycles. The predicted octanol–water partition coefficient (Wildman–Crippen LogP) is 3.93. The van der Waals surface area contributed by atoms with E-state index in [1.807, 2.05) is 18.0 Å². The summed E-state index contributed by atoms with van der Waals surface area (Å²) in [6.45, 7) is 4.75. The summed E-state index contributed by atoms with van der Waals surface area (Å²) in [5.41, 5.74) is 1.51. The zero-order valence-corrected chi connectivity index (χ0v) is 16.4. The van der Waals surface area contributed by atoms with Crippen LogP contribution in [0.2, 0.25) is 0 Å². The number of carbonyl (C=O) groups excluding carboxylic acids is 1. The smallest absolute Gasteiger partial charge is 0.246 e. The first-order valence-electron chi connectivity index (χ1n) is 10.7. The van der Waals surface area contributed by atoms with Crippen LogP contribution in [-0.2, 0) is 4.79 Å². The minimum absolute atomic E-state index is 0.0607. The number of rotatable bonds is 1. The lowest BCUT2D eigenvalue weighted by Crippen LogP contribution is -2.59. The highest BCUT2D eigenvalue weighted by atomic mass is 16.3. The molecule has 7 atom stereocenters. The van der Waals surface area contributed by atoms with Gasteiger partial charge in [0.25, 0.3) is 0 Å². The number of aliphatic hydroxyl groups is 1. The number of allylic oxidation sites excluding steroid dienone is 1. The number of fused-ring (bicyclic) bond motifs is 5. The summed E-state index contributed by atoms with van der Waals surface area (Å²) in [5.74, 6) is 2.83. The quantitative estimate of drug-likeness (QED) is 0.724. The van der Waals surface area contributed by atoms with Crippen molar-refractivity contribution in [3.63, 3.8) is 0 Å². The van der Waals surface area contributed by atoms with E-state index in [0.29, 0.717) is 23.8 Å². The van der Waals surface area contributed by atoms with E-state index in [-0.39, 0.29) is 22.8 Å². The summed E-state index contributed by atoms with van der Waals surface area (Å²) in [6.07, 6.45) is 14.6. The average Bonchev–Trinajstić information content (AvgIpc) is 3.39. The van der Waals surface area contributed by atoms with E-state index in [1.165, 1.54) is 31.3 Å². The third kappa shape index (κ3) is 2.19. The van der Waals surface area contributed by atoms with Gasteiger partial charge in [-0.1, -0.05) is 26.0 Å². The zero-order valence-electron chi connectivity index (χ0n) is 16.4. The van der Waals surface area contributed by atoms with Crippen LogP contribution in [-0.4, -0.2) is 35.1 Å². The van der Waals surface area contributed by atoms with Gasteiger partial charge in [0.05, 0.1) is 6.10 Å². The molecule has 2 unspecified atom stereocenters. The molecular weight excluding hydrogens is 322 g/mol. The van der Waals surface area contributed by atoms with Crippen molar-refractivity contribution >= 4 is 5.91 Å². The van der Waals surface area contributed by atoms with Crippen LogP contribution in [0.5, 0.6) is 0 Å². The van der Waals surface area contributed by atoms with Crippen molar-refractivity contribution in [2.24, 2.45) is 34.5 Å². The summed E-state index contributed by atoms with van der Waals surface area (Å²) >= 11 is 0. The normalized spacial score (nSPS) is 52.0. The summed E-state index contributed by atoms with van der Waals surface area (Å²) in [7, 11) is 1.98. The molecule has 3 heteroatoms. The van der Waals surface area contributed by atoms with E-state index in [9.17, 15) is 9.90 Å². The summed E-state index contributed by atoms with van der Waals surface area (Å²) in [4.78, 5) is 14.2. The largest absolute Gasteiger partial charge is 0.388 e. The topological polar surface area (TPSA) is 40.5 Å². The first-order chi connectivity index (χ1) is 12.3. The second-order valence-electron chi connectivity index (χ2n) is 10.3. The molecule has 5 rings (SSSR count). The van der Waals surface area contributed by atoms with Gasteiger partial charge < -0.3 is 10.0 Å². The SMILES string of the molecule is CN1C(=O)C=C[C@@]2(C)C1CC[C@@H]1[C@H]2CC[C@]2(C)C(O)C(=CC3CC3)C[C@@H]12. The molecule has 26 heavy (non-hydrogen) atoms. The lowest BCUT2D eigenvalue weighted by molar-refractivity contribution is -0.140. The van der Waals surface area contributed by atoms with Gasteiger partial charge in [-0.25, -0.2) is 0 Å². The van der Waals surface area contributed by atoms with Crippen molar-refractivity contribution in [2.75, 3.05) is 7.05 Å². The Bertz CT molecular complexity index is 692. The lowest BCUT2D eigenvalue weighted by atomic mass is 9.48. The summed E-state index contributed by atoms with van der Waals surface area (Å²) in [5, 5.41) is 11.1. The van der Waals surface area contributed by atoms with Crippen molar-refractivity contribution in [1.82, 2.24) is 4.90 Å². The maximum Gasteiger partial charge on any atom is 0.246 e. The first kappa shape index (κ1) is 17.0. The number of aliphatic hydroxyl groups excluding tert-OH is 1. The van der Waals surface area contributed by atoms with E-state index < -0.39 is 0 Å². The molecule has 0 aromatic carbocycles. The molecule has 1 heterocycles. The van der Waals surface area contributed by atoms with Crippen LogP contribution in [0.25, 0.3) is 0 Å². The highest BCUT2D eigenvalue weighted by Gasteiger charge is 2.61. The minimum atomic E-state index is -0.231. The Morgan fingerprint density at radius 1 is 1.15 bits per heavy atom. The molecule has 1 amide bonds. The van der Waals surface area contributed by atoms with Crippen LogP contribution in [0.15, 0.2) is 23.8 Å². The van der Waals surface area contributed by atoms with E-state index >= 15 is 0 Å². The number of amides is 1. The van der Waals surface area contributed by atoms with Crippen molar-refractivity contribution in [2.45, 2.75) is 70.9 Å². The third-order valence-corrected chi connectivity index (χ3v) is 9.07. The Morgan fingerprint density at radius 3 is 2.65 bits per heavy atom. The second kappa shape index (κ2) is 5.47. The molecule has 3 nitrogen and oxygen atoms in total. The molecule has 4 fully saturated rings. The van der Waals surface area contributed by atoms with Crippen molar-refractivity contribution in [1.29, 1.82) is 0 Å². The molecule has 1 N–H and O–H groups in total. The highest BCUT2D eigenvalue weighted by molar-refractivity contribution is 5.89. The molecule has 0 saturated heterocycles. The molecule has 142 valence electrons. The third-order valence-electron chi connectivity index (χ3n) is 9.07. The lowest BCUT2D eigenvalue weighted by Gasteiger charge is -2.59. The van der Waals surface area contributed by atoms with Crippen molar-refractivity contribution in [3.05, 3.63) is 23.8 Å². The zero-order chi connectivity index (χ0) is 18.3.